The Morgan fingerprint density at radius 2 is 1.81 bits per heavy atom. The molecule has 0 fully saturated rings. The molecule has 0 atom stereocenters. The number of aliphatic hydroxyl groups is 1. The van der Waals surface area contributed by atoms with Crippen molar-refractivity contribution in [2.75, 3.05) is 13.7 Å². The number of hydrogen-bond acceptors (Lipinski definition) is 3. The molecule has 112 valence electrons. The molecule has 0 heterocycles. The van der Waals surface area contributed by atoms with Gasteiger partial charge in [0.05, 0.1) is 13.7 Å². The summed E-state index contributed by atoms with van der Waals surface area (Å²) in [4.78, 5) is 0. The van der Waals surface area contributed by atoms with Crippen LogP contribution in [0.5, 0.6) is 11.5 Å². The molecule has 2 aromatic carbocycles. The van der Waals surface area contributed by atoms with E-state index in [0.29, 0.717) is 11.3 Å². The number of ether oxygens (including phenoxy) is 2. The van der Waals surface area contributed by atoms with E-state index in [1.54, 1.807) is 30.3 Å². The Balaban J connectivity index is 2.15. The highest BCUT2D eigenvalue weighted by Crippen LogP contribution is 2.31. The predicted molar refractivity (Wildman–Crippen MR) is 74.7 cm³/mol. The molecule has 0 saturated heterocycles. The van der Waals surface area contributed by atoms with E-state index in [4.69, 9.17) is 9.47 Å². The maximum absolute atomic E-state index is 14.0. The molecule has 0 spiro atoms. The molecular formula is C16H16F2O3. The first-order valence-corrected chi connectivity index (χ1v) is 6.41. The van der Waals surface area contributed by atoms with E-state index in [9.17, 15) is 13.9 Å². The Morgan fingerprint density at radius 1 is 1.10 bits per heavy atom. The zero-order valence-corrected chi connectivity index (χ0v) is 11.6. The molecule has 1 N–H and O–H groups in total. The van der Waals surface area contributed by atoms with Gasteiger partial charge in [-0.25, -0.2) is 0 Å². The quantitative estimate of drug-likeness (QED) is 0.888. The largest absolute Gasteiger partial charge is 0.497 e. The van der Waals surface area contributed by atoms with Crippen LogP contribution in [0.1, 0.15) is 11.1 Å². The normalized spacial score (nSPS) is 11.2. The SMILES string of the molecule is COc1ccc(CO)c(OCC(F)(F)c2ccccc2)c1. The highest BCUT2D eigenvalue weighted by Gasteiger charge is 2.32. The van der Waals surface area contributed by atoms with Crippen LogP contribution in [0.25, 0.3) is 0 Å². The molecule has 5 heteroatoms. The minimum Gasteiger partial charge on any atom is -0.497 e. The van der Waals surface area contributed by atoms with Crippen LogP contribution in [0, 0.1) is 0 Å². The van der Waals surface area contributed by atoms with E-state index in [-0.39, 0.29) is 17.9 Å². The van der Waals surface area contributed by atoms with Gasteiger partial charge in [0.1, 0.15) is 11.5 Å². The molecule has 2 rings (SSSR count). The Morgan fingerprint density at radius 3 is 2.43 bits per heavy atom. The number of rotatable bonds is 6. The molecule has 0 unspecified atom stereocenters. The van der Waals surface area contributed by atoms with Crippen LogP contribution >= 0.6 is 0 Å². The Labute approximate surface area is 121 Å². The number of alkyl halides is 2. The second kappa shape index (κ2) is 6.54. The third-order valence-electron chi connectivity index (χ3n) is 3.05. The maximum Gasteiger partial charge on any atom is 0.306 e. The zero-order valence-electron chi connectivity index (χ0n) is 11.6. The summed E-state index contributed by atoms with van der Waals surface area (Å²) in [5.41, 5.74) is 0.318. The van der Waals surface area contributed by atoms with Crippen molar-refractivity contribution in [1.82, 2.24) is 0 Å². The third-order valence-corrected chi connectivity index (χ3v) is 3.05. The summed E-state index contributed by atoms with van der Waals surface area (Å²) < 4.78 is 38.3. The van der Waals surface area contributed by atoms with Crippen molar-refractivity contribution in [2.24, 2.45) is 0 Å². The summed E-state index contributed by atoms with van der Waals surface area (Å²) in [6.45, 7) is -1.10. The first-order chi connectivity index (χ1) is 10.1. The molecule has 21 heavy (non-hydrogen) atoms. The standard InChI is InChI=1S/C16H16F2O3/c1-20-14-8-7-12(10-19)15(9-14)21-11-16(17,18)13-5-3-2-4-6-13/h2-9,19H,10-11H2,1H3. The van der Waals surface area contributed by atoms with Gasteiger partial charge >= 0.3 is 5.92 Å². The topological polar surface area (TPSA) is 38.7 Å². The highest BCUT2D eigenvalue weighted by atomic mass is 19.3. The summed E-state index contributed by atoms with van der Waals surface area (Å²) in [5.74, 6) is -2.45. The van der Waals surface area contributed by atoms with Crippen molar-refractivity contribution in [3.8, 4) is 11.5 Å². The summed E-state index contributed by atoms with van der Waals surface area (Å²) in [7, 11) is 1.47. The lowest BCUT2D eigenvalue weighted by Crippen LogP contribution is -2.23. The number of halogens is 2. The van der Waals surface area contributed by atoms with Gasteiger partial charge < -0.3 is 14.6 Å². The lowest BCUT2D eigenvalue weighted by atomic mass is 10.1. The van der Waals surface area contributed by atoms with Crippen molar-refractivity contribution in [3.63, 3.8) is 0 Å². The number of benzene rings is 2. The fraction of sp³-hybridized carbons (Fsp3) is 0.250. The van der Waals surface area contributed by atoms with Gasteiger partial charge in [-0.2, -0.15) is 8.78 Å². The monoisotopic (exact) mass is 294 g/mol. The fourth-order valence-corrected chi connectivity index (χ4v) is 1.86. The van der Waals surface area contributed by atoms with E-state index in [1.807, 2.05) is 0 Å². The average Bonchev–Trinajstić information content (AvgIpc) is 2.53. The molecule has 0 aromatic heterocycles. The molecule has 0 bridgehead atoms. The van der Waals surface area contributed by atoms with Crippen LogP contribution in [0.2, 0.25) is 0 Å². The highest BCUT2D eigenvalue weighted by molar-refractivity contribution is 5.40. The maximum atomic E-state index is 14.0. The summed E-state index contributed by atoms with van der Waals surface area (Å²) in [5, 5.41) is 9.22. The van der Waals surface area contributed by atoms with Gasteiger partial charge in [-0.1, -0.05) is 30.3 Å². The van der Waals surface area contributed by atoms with Crippen LogP contribution in [-0.2, 0) is 12.5 Å². The molecular weight excluding hydrogens is 278 g/mol. The van der Waals surface area contributed by atoms with Crippen LogP contribution < -0.4 is 9.47 Å². The van der Waals surface area contributed by atoms with Crippen molar-refractivity contribution >= 4 is 0 Å². The summed E-state index contributed by atoms with van der Waals surface area (Å²) in [6, 6.07) is 12.2. The molecule has 0 radical (unpaired) electrons. The first kappa shape index (κ1) is 15.3. The Bertz CT molecular complexity index is 585. The van der Waals surface area contributed by atoms with Crippen molar-refractivity contribution in [1.29, 1.82) is 0 Å². The van der Waals surface area contributed by atoms with Crippen LogP contribution in [0.4, 0.5) is 8.78 Å². The number of aliphatic hydroxyl groups excluding tert-OH is 1. The molecule has 0 saturated carbocycles. The average molecular weight is 294 g/mol. The lowest BCUT2D eigenvalue weighted by molar-refractivity contribution is -0.0471. The molecule has 2 aromatic rings. The van der Waals surface area contributed by atoms with Crippen LogP contribution in [0.3, 0.4) is 0 Å². The molecule has 0 aliphatic heterocycles. The van der Waals surface area contributed by atoms with E-state index in [1.165, 1.54) is 25.3 Å². The third kappa shape index (κ3) is 3.70. The van der Waals surface area contributed by atoms with Gasteiger partial charge in [-0.15, -0.1) is 0 Å². The molecule has 3 nitrogen and oxygen atoms in total. The van der Waals surface area contributed by atoms with Crippen molar-refractivity contribution in [3.05, 3.63) is 59.7 Å². The second-order valence-electron chi connectivity index (χ2n) is 4.49. The van der Waals surface area contributed by atoms with Crippen LogP contribution in [0.15, 0.2) is 48.5 Å². The number of hydrogen-bond donors (Lipinski definition) is 1. The number of methoxy groups -OCH3 is 1. The zero-order chi connectivity index (χ0) is 15.3. The minimum atomic E-state index is -3.11. The van der Waals surface area contributed by atoms with E-state index in [0.717, 1.165) is 0 Å². The van der Waals surface area contributed by atoms with Gasteiger partial charge in [-0.3, -0.25) is 0 Å². The van der Waals surface area contributed by atoms with E-state index < -0.39 is 12.5 Å². The molecule has 0 aliphatic rings. The van der Waals surface area contributed by atoms with Crippen molar-refractivity contribution in [2.45, 2.75) is 12.5 Å². The van der Waals surface area contributed by atoms with Gasteiger partial charge in [0.25, 0.3) is 0 Å². The molecule has 0 aliphatic carbocycles. The van der Waals surface area contributed by atoms with Gasteiger partial charge in [0.15, 0.2) is 6.61 Å². The minimum absolute atomic E-state index is 0.113. The summed E-state index contributed by atoms with van der Waals surface area (Å²) >= 11 is 0. The Kier molecular flexibility index (Phi) is 4.75. The van der Waals surface area contributed by atoms with E-state index in [2.05, 4.69) is 0 Å². The summed E-state index contributed by atoms with van der Waals surface area (Å²) in [6.07, 6.45) is 0. The van der Waals surface area contributed by atoms with E-state index >= 15 is 0 Å². The first-order valence-electron chi connectivity index (χ1n) is 6.41. The molecule has 0 amide bonds. The lowest BCUT2D eigenvalue weighted by Gasteiger charge is -2.19. The second-order valence-corrected chi connectivity index (χ2v) is 4.49. The van der Waals surface area contributed by atoms with Gasteiger partial charge in [-0.05, 0) is 12.1 Å². The van der Waals surface area contributed by atoms with Crippen molar-refractivity contribution < 1.29 is 23.4 Å². The van der Waals surface area contributed by atoms with Gasteiger partial charge in [0, 0.05) is 17.2 Å². The fourth-order valence-electron chi connectivity index (χ4n) is 1.86. The Hall–Kier alpha value is -2.14. The predicted octanol–water partition coefficient (Wildman–Crippen LogP) is 3.36. The van der Waals surface area contributed by atoms with Crippen LogP contribution in [-0.4, -0.2) is 18.8 Å². The smallest absolute Gasteiger partial charge is 0.306 e. The van der Waals surface area contributed by atoms with Gasteiger partial charge in [0.2, 0.25) is 0 Å².